The number of hydrogen-bond donors (Lipinski definition) is 1. The van der Waals surface area contributed by atoms with Gasteiger partial charge in [-0.15, -0.1) is 5.10 Å². The van der Waals surface area contributed by atoms with Crippen LogP contribution >= 0.6 is 0 Å². The van der Waals surface area contributed by atoms with E-state index in [9.17, 15) is 9.90 Å². The van der Waals surface area contributed by atoms with E-state index in [-0.39, 0.29) is 31.0 Å². The molecule has 0 bridgehead atoms. The molecule has 0 atom stereocenters. The number of carbonyl (C=O) groups is 1. The maximum absolute atomic E-state index is 13.6. The van der Waals surface area contributed by atoms with Crippen molar-refractivity contribution in [3.05, 3.63) is 52.4 Å². The number of rotatable bonds is 9. The van der Waals surface area contributed by atoms with E-state index in [1.165, 1.54) is 12.8 Å². The summed E-state index contributed by atoms with van der Waals surface area (Å²) >= 11 is 0. The number of hydrazone groups is 2. The number of Topliss-reactive ketones (excluding diaryl/α,β-unsaturated/α-hetero) is 1. The molecular formula is C28H38N4O4. The maximum Gasteiger partial charge on any atom is 0.235 e. The molecule has 1 aromatic rings. The monoisotopic (exact) mass is 494 g/mol. The number of amidine groups is 1. The lowest BCUT2D eigenvalue weighted by atomic mass is 9.85. The Morgan fingerprint density at radius 3 is 2.53 bits per heavy atom. The van der Waals surface area contributed by atoms with Gasteiger partial charge in [-0.1, -0.05) is 20.8 Å². The number of aliphatic hydroxyl groups is 1. The Hall–Kier alpha value is -3.13. The van der Waals surface area contributed by atoms with Crippen LogP contribution in [-0.2, 0) is 10.2 Å². The van der Waals surface area contributed by atoms with Crippen molar-refractivity contribution in [1.29, 1.82) is 0 Å². The van der Waals surface area contributed by atoms with Crippen LogP contribution in [0.15, 0.2) is 51.4 Å². The van der Waals surface area contributed by atoms with Crippen LogP contribution in [-0.4, -0.2) is 59.0 Å². The zero-order valence-corrected chi connectivity index (χ0v) is 22.3. The highest BCUT2D eigenvalue weighted by molar-refractivity contribution is 6.11. The summed E-state index contributed by atoms with van der Waals surface area (Å²) in [5, 5.41) is 22.3. The number of allylic oxidation sites excluding steroid dienone is 1. The summed E-state index contributed by atoms with van der Waals surface area (Å²) < 4.78 is 11.5. The lowest BCUT2D eigenvalue weighted by Crippen LogP contribution is -2.32. The molecule has 0 amide bonds. The van der Waals surface area contributed by atoms with Gasteiger partial charge in [0.1, 0.15) is 24.7 Å². The first-order valence-electron chi connectivity index (χ1n) is 12.8. The minimum Gasteiger partial charge on any atom is -0.491 e. The van der Waals surface area contributed by atoms with E-state index >= 15 is 0 Å². The van der Waals surface area contributed by atoms with Crippen molar-refractivity contribution < 1.29 is 19.4 Å². The number of hydrogen-bond acceptors (Lipinski definition) is 8. The third kappa shape index (κ3) is 5.64. The van der Waals surface area contributed by atoms with Gasteiger partial charge >= 0.3 is 0 Å². The average Bonchev–Trinajstić information content (AvgIpc) is 3.60. The van der Waals surface area contributed by atoms with Crippen molar-refractivity contribution in [1.82, 2.24) is 10.0 Å². The molecule has 36 heavy (non-hydrogen) atoms. The molecule has 4 rings (SSSR count). The van der Waals surface area contributed by atoms with Crippen LogP contribution in [0.25, 0.3) is 0 Å². The number of aliphatic hydroxyl groups excluding tert-OH is 1. The van der Waals surface area contributed by atoms with E-state index in [1.807, 2.05) is 37.9 Å². The van der Waals surface area contributed by atoms with Gasteiger partial charge in [0.15, 0.2) is 11.6 Å². The molecule has 1 aromatic carbocycles. The Bertz CT molecular complexity index is 1140. The largest absolute Gasteiger partial charge is 0.491 e. The summed E-state index contributed by atoms with van der Waals surface area (Å²) in [6, 6.07) is 5.61. The van der Waals surface area contributed by atoms with Crippen LogP contribution in [0.3, 0.4) is 0 Å². The van der Waals surface area contributed by atoms with E-state index in [1.54, 1.807) is 11.1 Å². The van der Waals surface area contributed by atoms with Crippen molar-refractivity contribution >= 4 is 17.5 Å². The highest BCUT2D eigenvalue weighted by Gasteiger charge is 2.36. The van der Waals surface area contributed by atoms with Gasteiger partial charge in [-0.3, -0.25) is 4.79 Å². The highest BCUT2D eigenvalue weighted by Crippen LogP contribution is 2.36. The van der Waals surface area contributed by atoms with Crippen molar-refractivity contribution in [2.45, 2.75) is 66.2 Å². The number of benzene rings is 1. The summed E-state index contributed by atoms with van der Waals surface area (Å²) in [7, 11) is 0. The molecule has 8 nitrogen and oxygen atoms in total. The molecule has 1 aliphatic carbocycles. The number of ketones is 1. The first-order valence-corrected chi connectivity index (χ1v) is 12.8. The molecule has 8 heteroatoms. The molecule has 0 saturated heterocycles. The lowest BCUT2D eigenvalue weighted by molar-refractivity contribution is 0.0946. The standard InChI is InChI=1S/C28H38N4O4/c1-7-35-27-19(3)18(2)26-29-31(25(32(26)30-27)11-10-20-8-9-20)17-24(34)21-14-22(28(4,5)6)16-23(15-21)36-13-12-33/h11,14-16,20,33H,7-10,12-13,17H2,1-6H3/b25-11+. The van der Waals surface area contributed by atoms with E-state index in [0.29, 0.717) is 29.7 Å². The molecule has 1 fully saturated rings. The van der Waals surface area contributed by atoms with Gasteiger partial charge in [-0.05, 0) is 81.2 Å². The van der Waals surface area contributed by atoms with Crippen LogP contribution in [0.4, 0.5) is 0 Å². The summed E-state index contributed by atoms with van der Waals surface area (Å²) in [6.45, 7) is 12.9. The minimum absolute atomic E-state index is 0.0659. The van der Waals surface area contributed by atoms with Crippen molar-refractivity contribution in [2.24, 2.45) is 16.1 Å². The summed E-state index contributed by atoms with van der Waals surface area (Å²) in [5.41, 5.74) is 3.32. The Kier molecular flexibility index (Phi) is 7.54. The molecule has 1 N–H and O–H groups in total. The third-order valence-corrected chi connectivity index (χ3v) is 6.67. The number of fused-ring (bicyclic) bond motifs is 1. The zero-order valence-electron chi connectivity index (χ0n) is 22.3. The van der Waals surface area contributed by atoms with Crippen LogP contribution in [0.5, 0.6) is 5.75 Å². The summed E-state index contributed by atoms with van der Waals surface area (Å²) in [6.07, 6.45) is 5.54. The van der Waals surface area contributed by atoms with E-state index < -0.39 is 0 Å². The molecule has 0 radical (unpaired) electrons. The van der Waals surface area contributed by atoms with Gasteiger partial charge < -0.3 is 14.6 Å². The second kappa shape index (κ2) is 10.5. The van der Waals surface area contributed by atoms with Crippen LogP contribution in [0.1, 0.15) is 76.7 Å². The molecule has 2 heterocycles. The predicted molar refractivity (Wildman–Crippen MR) is 141 cm³/mol. The number of carbonyl (C=O) groups excluding carboxylic acids is 1. The number of ether oxygens (including phenoxy) is 2. The molecule has 0 aromatic heterocycles. The molecular weight excluding hydrogens is 456 g/mol. The van der Waals surface area contributed by atoms with Crippen LogP contribution < -0.4 is 4.74 Å². The topological polar surface area (TPSA) is 87.0 Å². The molecule has 0 spiro atoms. The summed E-state index contributed by atoms with van der Waals surface area (Å²) in [4.78, 5) is 13.6. The van der Waals surface area contributed by atoms with Gasteiger partial charge in [0, 0.05) is 16.7 Å². The normalized spacial score (nSPS) is 18.9. The van der Waals surface area contributed by atoms with Crippen LogP contribution in [0.2, 0.25) is 0 Å². The van der Waals surface area contributed by atoms with E-state index in [0.717, 1.165) is 34.8 Å². The average molecular weight is 495 g/mol. The van der Waals surface area contributed by atoms with Gasteiger partial charge in [-0.2, -0.15) is 10.1 Å². The Morgan fingerprint density at radius 2 is 1.89 bits per heavy atom. The second-order valence-electron chi connectivity index (χ2n) is 10.6. The third-order valence-electron chi connectivity index (χ3n) is 6.67. The second-order valence-corrected chi connectivity index (χ2v) is 10.6. The lowest BCUT2D eigenvalue weighted by Gasteiger charge is -2.25. The molecule has 194 valence electrons. The van der Waals surface area contributed by atoms with Crippen molar-refractivity contribution in [3.8, 4) is 5.75 Å². The highest BCUT2D eigenvalue weighted by atomic mass is 16.5. The fourth-order valence-corrected chi connectivity index (χ4v) is 4.13. The smallest absolute Gasteiger partial charge is 0.235 e. The Morgan fingerprint density at radius 1 is 1.14 bits per heavy atom. The first kappa shape index (κ1) is 25.9. The predicted octanol–water partition coefficient (Wildman–Crippen LogP) is 4.81. The van der Waals surface area contributed by atoms with Gasteiger partial charge in [-0.25, -0.2) is 5.01 Å². The minimum atomic E-state index is -0.165. The van der Waals surface area contributed by atoms with E-state index in [4.69, 9.17) is 19.7 Å². The zero-order chi connectivity index (χ0) is 26.0. The van der Waals surface area contributed by atoms with Gasteiger partial charge in [0.2, 0.25) is 5.90 Å². The molecule has 1 saturated carbocycles. The fourth-order valence-electron chi connectivity index (χ4n) is 4.13. The first-order chi connectivity index (χ1) is 17.1. The quantitative estimate of drug-likeness (QED) is 0.496. The summed E-state index contributed by atoms with van der Waals surface area (Å²) in [5.74, 6) is 3.30. The molecule has 0 unspecified atom stereocenters. The number of nitrogens with zero attached hydrogens (tertiary/aromatic N) is 4. The molecule has 2 aliphatic heterocycles. The van der Waals surface area contributed by atoms with E-state index in [2.05, 4.69) is 26.8 Å². The Labute approximate surface area is 213 Å². The van der Waals surface area contributed by atoms with Crippen molar-refractivity contribution in [3.63, 3.8) is 0 Å². The Balaban J connectivity index is 1.65. The van der Waals surface area contributed by atoms with Crippen molar-refractivity contribution in [2.75, 3.05) is 26.4 Å². The molecule has 3 aliphatic rings. The SMILES string of the molecule is CCOC1=NN2C(=NN(CC(=O)c3cc(OCCO)cc(C(C)(C)C)c3)/C2=C\CC2CC2)C(C)=C1C. The maximum atomic E-state index is 13.6. The van der Waals surface area contributed by atoms with Gasteiger partial charge in [0.25, 0.3) is 0 Å². The fraction of sp³-hybridized carbons (Fsp3) is 0.536. The van der Waals surface area contributed by atoms with Gasteiger partial charge in [0.05, 0.1) is 13.2 Å². The van der Waals surface area contributed by atoms with Crippen LogP contribution in [0, 0.1) is 5.92 Å².